The summed E-state index contributed by atoms with van der Waals surface area (Å²) in [6, 6.07) is 0. The van der Waals surface area contributed by atoms with E-state index in [1.807, 2.05) is 0 Å². The largest absolute Gasteiger partial charge is 0.382 e. The van der Waals surface area contributed by atoms with Crippen LogP contribution in [-0.4, -0.2) is 83.4 Å². The van der Waals surface area contributed by atoms with Crippen LogP contribution in [0.15, 0.2) is 11.1 Å². The Hall–Kier alpha value is -1.86. The van der Waals surface area contributed by atoms with E-state index in [9.17, 15) is 14.3 Å². The Morgan fingerprint density at radius 2 is 2.10 bits per heavy atom. The molecule has 1 fully saturated rings. The summed E-state index contributed by atoms with van der Waals surface area (Å²) in [6.45, 7) is 1.60. The monoisotopic (exact) mass is 433 g/mol. The zero-order chi connectivity index (χ0) is 21.2. The lowest BCUT2D eigenvalue weighted by atomic mass is 10.1. The lowest BCUT2D eigenvalue weighted by Crippen LogP contribution is -2.38. The molecule has 4 N–H and O–H groups in total. The van der Waals surface area contributed by atoms with Crippen molar-refractivity contribution in [3.8, 4) is 0 Å². The van der Waals surface area contributed by atoms with E-state index in [1.54, 1.807) is 0 Å². The number of anilines is 1. The van der Waals surface area contributed by atoms with Crippen molar-refractivity contribution in [3.63, 3.8) is 0 Å². The van der Waals surface area contributed by atoms with Crippen LogP contribution in [0.4, 0.5) is 5.95 Å². The van der Waals surface area contributed by atoms with Crippen molar-refractivity contribution in [3.05, 3.63) is 16.7 Å². The van der Waals surface area contributed by atoms with Crippen molar-refractivity contribution in [2.45, 2.75) is 24.5 Å². The number of nitrogens with zero attached hydrogens (tertiary/aromatic N) is 3. The Morgan fingerprint density at radius 3 is 2.76 bits per heavy atom. The van der Waals surface area contributed by atoms with E-state index in [-0.39, 0.29) is 36.9 Å². The first-order valence-electron chi connectivity index (χ1n) is 8.71. The number of aromatic amines is 1. The number of nitrogen functional groups attached to an aromatic ring is 1. The van der Waals surface area contributed by atoms with Gasteiger partial charge in [0, 0.05) is 20.9 Å². The van der Waals surface area contributed by atoms with Crippen molar-refractivity contribution < 1.29 is 32.9 Å². The molecule has 5 atom stereocenters. The van der Waals surface area contributed by atoms with Gasteiger partial charge in [-0.2, -0.15) is 4.98 Å². The first kappa shape index (κ1) is 21.8. The third-order valence-corrected chi connectivity index (χ3v) is 4.89. The van der Waals surface area contributed by atoms with Crippen molar-refractivity contribution in [2.75, 3.05) is 46.4 Å². The van der Waals surface area contributed by atoms with Gasteiger partial charge >= 0.3 is 7.60 Å². The van der Waals surface area contributed by atoms with Gasteiger partial charge in [0.15, 0.2) is 17.4 Å². The van der Waals surface area contributed by atoms with Crippen LogP contribution in [-0.2, 0) is 28.0 Å². The fourth-order valence-corrected chi connectivity index (χ4v) is 3.87. The number of hydrogen-bond acceptors (Lipinski definition) is 10. The fraction of sp³-hybridized carbons (Fsp3) is 0.667. The average molecular weight is 433 g/mol. The van der Waals surface area contributed by atoms with Gasteiger partial charge in [0.05, 0.1) is 26.1 Å². The Bertz CT molecular complexity index is 942. The number of ether oxygens (including phenoxy) is 4. The molecule has 1 saturated heterocycles. The molecule has 13 nitrogen and oxygen atoms in total. The van der Waals surface area contributed by atoms with Gasteiger partial charge in [-0.1, -0.05) is 0 Å². The molecule has 3 heterocycles. The summed E-state index contributed by atoms with van der Waals surface area (Å²) in [7, 11) is -0.898. The molecule has 0 spiro atoms. The Balaban J connectivity index is 2.03. The summed E-state index contributed by atoms with van der Waals surface area (Å²) in [5.41, 5.74) is 5.40. The first-order valence-corrected chi connectivity index (χ1v) is 10.7. The molecular weight excluding hydrogens is 409 g/mol. The van der Waals surface area contributed by atoms with Gasteiger partial charge < -0.3 is 29.6 Å². The van der Waals surface area contributed by atoms with Gasteiger partial charge in [0.2, 0.25) is 5.95 Å². The topological polar surface area (TPSA) is 173 Å². The van der Waals surface area contributed by atoms with E-state index in [1.165, 1.54) is 25.1 Å². The van der Waals surface area contributed by atoms with Gasteiger partial charge in [-0.05, 0) is 0 Å². The normalized spacial score (nSPS) is 26.8. The van der Waals surface area contributed by atoms with Crippen molar-refractivity contribution in [1.29, 1.82) is 0 Å². The second-order valence-corrected chi connectivity index (χ2v) is 8.31. The maximum atomic E-state index is 12.1. The molecule has 0 saturated carbocycles. The third kappa shape index (κ3) is 4.83. The number of nitrogens with one attached hydrogen (secondary N) is 1. The van der Waals surface area contributed by atoms with Gasteiger partial charge in [-0.15, -0.1) is 0 Å². The highest BCUT2D eigenvalue weighted by Crippen LogP contribution is 2.45. The molecule has 162 valence electrons. The van der Waals surface area contributed by atoms with E-state index in [2.05, 4.69) is 15.0 Å². The number of methoxy groups -OCH3 is 2. The SMILES string of the molecule is COCCO[C@H]1C(OP(C)(=O)O)[C@@H](COC)O[C@H]1n1cnc2c(=O)[nH]c(N)nc21. The summed E-state index contributed by atoms with van der Waals surface area (Å²) in [5.74, 6) is -0.0891. The van der Waals surface area contributed by atoms with Crippen molar-refractivity contribution in [1.82, 2.24) is 19.5 Å². The number of imidazole rings is 1. The van der Waals surface area contributed by atoms with Crippen LogP contribution in [0, 0.1) is 0 Å². The zero-order valence-electron chi connectivity index (χ0n) is 16.2. The number of rotatable bonds is 9. The van der Waals surface area contributed by atoms with Crippen molar-refractivity contribution >= 4 is 24.7 Å². The standard InChI is InChI=1S/C15H24N5O8P/c1-24-4-5-26-11-10(28-29(3,22)23)8(6-25-2)27-14(11)20-7-17-9-12(20)18-15(16)19-13(9)21/h7-8,10-11,14H,4-6H2,1-3H3,(H,22,23)(H3,16,18,19,21)/t8-,10?,11+,14-/m1/s1. The second-order valence-electron chi connectivity index (χ2n) is 6.50. The maximum absolute atomic E-state index is 12.1. The lowest BCUT2D eigenvalue weighted by Gasteiger charge is -2.25. The minimum absolute atomic E-state index is 0.0643. The summed E-state index contributed by atoms with van der Waals surface area (Å²) < 4.78 is 40.9. The summed E-state index contributed by atoms with van der Waals surface area (Å²) in [4.78, 5) is 32.4. The molecular formula is C15H24N5O8P. The zero-order valence-corrected chi connectivity index (χ0v) is 17.1. The molecule has 0 amide bonds. The minimum Gasteiger partial charge on any atom is -0.382 e. The minimum atomic E-state index is -3.88. The number of H-pyrrole nitrogens is 1. The van der Waals surface area contributed by atoms with Crippen LogP contribution in [0.3, 0.4) is 0 Å². The molecule has 0 bridgehead atoms. The van der Waals surface area contributed by atoms with E-state index in [4.69, 9.17) is 29.2 Å². The fourth-order valence-electron chi connectivity index (χ4n) is 3.16. The number of hydrogen-bond donors (Lipinski definition) is 3. The molecule has 2 aromatic rings. The van der Waals surface area contributed by atoms with E-state index in [0.29, 0.717) is 0 Å². The summed E-state index contributed by atoms with van der Waals surface area (Å²) in [6.07, 6.45) is -2.02. The molecule has 1 aliphatic rings. The van der Waals surface area contributed by atoms with Gasteiger partial charge in [0.25, 0.3) is 5.56 Å². The Morgan fingerprint density at radius 1 is 1.34 bits per heavy atom. The van der Waals surface area contributed by atoms with Crippen LogP contribution in [0.2, 0.25) is 0 Å². The van der Waals surface area contributed by atoms with Crippen LogP contribution >= 0.6 is 7.60 Å². The average Bonchev–Trinajstić information content (AvgIpc) is 3.17. The quantitative estimate of drug-likeness (QED) is 0.343. The molecule has 1 aliphatic heterocycles. The second kappa shape index (κ2) is 8.88. The summed E-state index contributed by atoms with van der Waals surface area (Å²) in [5, 5.41) is 0. The highest BCUT2D eigenvalue weighted by atomic mass is 31.2. The first-order chi connectivity index (χ1) is 13.7. The van der Waals surface area contributed by atoms with Gasteiger partial charge in [-0.3, -0.25) is 23.4 Å². The van der Waals surface area contributed by atoms with E-state index < -0.39 is 37.7 Å². The van der Waals surface area contributed by atoms with Crippen LogP contribution in [0.1, 0.15) is 6.23 Å². The smallest absolute Gasteiger partial charge is 0.325 e. The maximum Gasteiger partial charge on any atom is 0.325 e. The lowest BCUT2D eigenvalue weighted by molar-refractivity contribution is -0.0791. The molecule has 0 aliphatic carbocycles. The van der Waals surface area contributed by atoms with Crippen LogP contribution in [0.25, 0.3) is 11.2 Å². The molecule has 3 rings (SSSR count). The molecule has 2 unspecified atom stereocenters. The number of fused-ring (bicyclic) bond motifs is 1. The van der Waals surface area contributed by atoms with E-state index in [0.717, 1.165) is 6.66 Å². The molecule has 2 aromatic heterocycles. The third-order valence-electron chi connectivity index (χ3n) is 4.26. The molecule has 0 aromatic carbocycles. The molecule has 14 heteroatoms. The molecule has 29 heavy (non-hydrogen) atoms. The number of aromatic nitrogens is 4. The predicted molar refractivity (Wildman–Crippen MR) is 101 cm³/mol. The predicted octanol–water partition coefficient (Wildman–Crippen LogP) is -0.522. The summed E-state index contributed by atoms with van der Waals surface area (Å²) >= 11 is 0. The molecule has 0 radical (unpaired) electrons. The Kier molecular flexibility index (Phi) is 6.69. The van der Waals surface area contributed by atoms with Crippen LogP contribution in [0.5, 0.6) is 0 Å². The van der Waals surface area contributed by atoms with Crippen molar-refractivity contribution in [2.24, 2.45) is 0 Å². The Labute approximate surface area is 165 Å². The van der Waals surface area contributed by atoms with E-state index >= 15 is 0 Å². The van der Waals surface area contributed by atoms with Gasteiger partial charge in [0.1, 0.15) is 18.3 Å². The van der Waals surface area contributed by atoms with Crippen LogP contribution < -0.4 is 11.3 Å². The number of nitrogens with two attached hydrogens (primary N) is 1. The highest BCUT2D eigenvalue weighted by Gasteiger charge is 2.49. The highest BCUT2D eigenvalue weighted by molar-refractivity contribution is 7.51. The van der Waals surface area contributed by atoms with Gasteiger partial charge in [-0.25, -0.2) is 4.98 Å².